The Kier molecular flexibility index (Phi) is 5.39. The number of likely N-dealkylation sites (tertiary alicyclic amines) is 1. The predicted octanol–water partition coefficient (Wildman–Crippen LogP) is 2.93. The standard InChI is InChI=1S/C16H23NO3S/c1-4-13(17-9-11(10-21)7-16(17)18)12-5-6-14(19-2)15(8-12)20-3/h5-6,8,11,13,21H,4,7,9-10H2,1-3H3. The molecule has 116 valence electrons. The van der Waals surface area contributed by atoms with E-state index in [1.165, 1.54) is 0 Å². The highest BCUT2D eigenvalue weighted by Gasteiger charge is 2.33. The molecule has 0 aliphatic carbocycles. The van der Waals surface area contributed by atoms with Crippen molar-refractivity contribution in [1.82, 2.24) is 4.90 Å². The molecule has 0 radical (unpaired) electrons. The summed E-state index contributed by atoms with van der Waals surface area (Å²) in [7, 11) is 3.25. The molecule has 1 fully saturated rings. The Morgan fingerprint density at radius 3 is 2.57 bits per heavy atom. The fourth-order valence-electron chi connectivity index (χ4n) is 2.93. The molecule has 0 spiro atoms. The van der Waals surface area contributed by atoms with Crippen molar-refractivity contribution in [2.24, 2.45) is 5.92 Å². The maximum atomic E-state index is 12.2. The lowest BCUT2D eigenvalue weighted by Gasteiger charge is -2.28. The Hall–Kier alpha value is -1.36. The van der Waals surface area contributed by atoms with Crippen LogP contribution in [0.2, 0.25) is 0 Å². The smallest absolute Gasteiger partial charge is 0.223 e. The third-order valence-electron chi connectivity index (χ3n) is 4.05. The summed E-state index contributed by atoms with van der Waals surface area (Å²) in [5.74, 6) is 2.73. The van der Waals surface area contributed by atoms with E-state index in [0.29, 0.717) is 23.8 Å². The first-order chi connectivity index (χ1) is 10.1. The highest BCUT2D eigenvalue weighted by molar-refractivity contribution is 7.80. The molecular formula is C16H23NO3S. The normalized spacial score (nSPS) is 19.7. The minimum absolute atomic E-state index is 0.0854. The third kappa shape index (κ3) is 3.28. The maximum Gasteiger partial charge on any atom is 0.223 e. The van der Waals surface area contributed by atoms with Crippen LogP contribution in [-0.2, 0) is 4.79 Å². The number of hydrogen-bond acceptors (Lipinski definition) is 4. The van der Waals surface area contributed by atoms with Crippen molar-refractivity contribution in [2.75, 3.05) is 26.5 Å². The van der Waals surface area contributed by atoms with Crippen LogP contribution in [-0.4, -0.2) is 37.3 Å². The number of methoxy groups -OCH3 is 2. The number of rotatable bonds is 6. The van der Waals surface area contributed by atoms with Crippen LogP contribution in [0.5, 0.6) is 11.5 Å². The molecule has 1 amide bonds. The summed E-state index contributed by atoms with van der Waals surface area (Å²) in [6.07, 6.45) is 1.48. The van der Waals surface area contributed by atoms with E-state index in [-0.39, 0.29) is 11.9 Å². The van der Waals surface area contributed by atoms with Gasteiger partial charge in [-0.1, -0.05) is 13.0 Å². The lowest BCUT2D eigenvalue weighted by Crippen LogP contribution is -2.30. The van der Waals surface area contributed by atoms with Gasteiger partial charge in [0.1, 0.15) is 0 Å². The van der Waals surface area contributed by atoms with Gasteiger partial charge >= 0.3 is 0 Å². The highest BCUT2D eigenvalue weighted by Crippen LogP contribution is 2.36. The van der Waals surface area contributed by atoms with Crippen LogP contribution in [0.1, 0.15) is 31.4 Å². The van der Waals surface area contributed by atoms with Gasteiger partial charge in [0.2, 0.25) is 5.91 Å². The average Bonchev–Trinajstić information content (AvgIpc) is 2.89. The van der Waals surface area contributed by atoms with E-state index in [1.807, 2.05) is 23.1 Å². The zero-order valence-corrected chi connectivity index (χ0v) is 13.7. The van der Waals surface area contributed by atoms with Crippen LogP contribution in [0.15, 0.2) is 18.2 Å². The number of carbonyl (C=O) groups is 1. The minimum atomic E-state index is 0.0854. The Morgan fingerprint density at radius 2 is 2.05 bits per heavy atom. The molecule has 0 aromatic heterocycles. The Labute approximate surface area is 131 Å². The van der Waals surface area contributed by atoms with Crippen molar-refractivity contribution in [3.63, 3.8) is 0 Å². The lowest BCUT2D eigenvalue weighted by molar-refractivity contribution is -0.129. The van der Waals surface area contributed by atoms with E-state index in [9.17, 15) is 4.79 Å². The number of nitrogens with zero attached hydrogens (tertiary/aromatic N) is 1. The summed E-state index contributed by atoms with van der Waals surface area (Å²) >= 11 is 4.32. The summed E-state index contributed by atoms with van der Waals surface area (Å²) < 4.78 is 10.6. The lowest BCUT2D eigenvalue weighted by atomic mass is 10.0. The van der Waals surface area contributed by atoms with Crippen molar-refractivity contribution in [1.29, 1.82) is 0 Å². The zero-order chi connectivity index (χ0) is 15.4. The molecular weight excluding hydrogens is 286 g/mol. The summed E-state index contributed by atoms with van der Waals surface area (Å²) in [6.45, 7) is 2.89. The van der Waals surface area contributed by atoms with E-state index in [4.69, 9.17) is 9.47 Å². The molecule has 1 aromatic rings. The first-order valence-electron chi connectivity index (χ1n) is 7.26. The van der Waals surface area contributed by atoms with E-state index in [1.54, 1.807) is 14.2 Å². The van der Waals surface area contributed by atoms with Gasteiger partial charge in [0, 0.05) is 13.0 Å². The van der Waals surface area contributed by atoms with Crippen LogP contribution < -0.4 is 9.47 Å². The van der Waals surface area contributed by atoms with E-state index in [0.717, 1.165) is 24.3 Å². The van der Waals surface area contributed by atoms with Crippen molar-refractivity contribution in [3.8, 4) is 11.5 Å². The molecule has 0 saturated carbocycles. The predicted molar refractivity (Wildman–Crippen MR) is 86.3 cm³/mol. The van der Waals surface area contributed by atoms with Crippen molar-refractivity contribution in [2.45, 2.75) is 25.8 Å². The molecule has 21 heavy (non-hydrogen) atoms. The van der Waals surface area contributed by atoms with Gasteiger partial charge < -0.3 is 14.4 Å². The van der Waals surface area contributed by atoms with Crippen molar-refractivity contribution < 1.29 is 14.3 Å². The highest BCUT2D eigenvalue weighted by atomic mass is 32.1. The van der Waals surface area contributed by atoms with Gasteiger partial charge in [-0.3, -0.25) is 4.79 Å². The van der Waals surface area contributed by atoms with E-state index >= 15 is 0 Å². The quantitative estimate of drug-likeness (QED) is 0.821. The molecule has 2 rings (SSSR count). The molecule has 2 unspecified atom stereocenters. The monoisotopic (exact) mass is 309 g/mol. The molecule has 2 atom stereocenters. The number of benzene rings is 1. The fraction of sp³-hybridized carbons (Fsp3) is 0.562. The molecule has 1 heterocycles. The van der Waals surface area contributed by atoms with Crippen molar-refractivity contribution in [3.05, 3.63) is 23.8 Å². The summed E-state index contributed by atoms with van der Waals surface area (Å²) in [4.78, 5) is 14.2. The van der Waals surface area contributed by atoms with Crippen LogP contribution in [0, 0.1) is 5.92 Å². The molecule has 1 saturated heterocycles. The van der Waals surface area contributed by atoms with Gasteiger partial charge in [-0.25, -0.2) is 0 Å². The third-order valence-corrected chi connectivity index (χ3v) is 4.57. The molecule has 0 N–H and O–H groups in total. The Balaban J connectivity index is 2.27. The first kappa shape index (κ1) is 16.0. The van der Waals surface area contributed by atoms with Gasteiger partial charge in [-0.15, -0.1) is 0 Å². The van der Waals surface area contributed by atoms with Gasteiger partial charge in [0.15, 0.2) is 11.5 Å². The first-order valence-corrected chi connectivity index (χ1v) is 7.90. The van der Waals surface area contributed by atoms with Gasteiger partial charge in [-0.2, -0.15) is 12.6 Å². The number of amides is 1. The number of thiol groups is 1. The summed E-state index contributed by atoms with van der Waals surface area (Å²) in [6, 6.07) is 5.96. The number of ether oxygens (including phenoxy) is 2. The van der Waals surface area contributed by atoms with E-state index < -0.39 is 0 Å². The topological polar surface area (TPSA) is 38.8 Å². The summed E-state index contributed by atoms with van der Waals surface area (Å²) in [5, 5.41) is 0. The van der Waals surface area contributed by atoms with Crippen LogP contribution in [0.25, 0.3) is 0 Å². The molecule has 5 heteroatoms. The second kappa shape index (κ2) is 7.07. The van der Waals surface area contributed by atoms with E-state index in [2.05, 4.69) is 19.6 Å². The molecule has 4 nitrogen and oxygen atoms in total. The minimum Gasteiger partial charge on any atom is -0.493 e. The number of hydrogen-bond donors (Lipinski definition) is 1. The number of carbonyl (C=O) groups excluding carboxylic acids is 1. The Bertz CT molecular complexity index is 506. The average molecular weight is 309 g/mol. The zero-order valence-electron chi connectivity index (χ0n) is 12.8. The van der Waals surface area contributed by atoms with Gasteiger partial charge in [0.05, 0.1) is 20.3 Å². The van der Waals surface area contributed by atoms with Crippen LogP contribution >= 0.6 is 12.6 Å². The molecule has 1 aromatic carbocycles. The Morgan fingerprint density at radius 1 is 1.33 bits per heavy atom. The molecule has 0 bridgehead atoms. The second-order valence-corrected chi connectivity index (χ2v) is 5.70. The largest absolute Gasteiger partial charge is 0.493 e. The SMILES string of the molecule is CCC(c1ccc(OC)c(OC)c1)N1CC(CS)CC1=O. The van der Waals surface area contributed by atoms with Crippen LogP contribution in [0.3, 0.4) is 0 Å². The summed E-state index contributed by atoms with van der Waals surface area (Å²) in [5.41, 5.74) is 1.09. The van der Waals surface area contributed by atoms with Gasteiger partial charge in [-0.05, 0) is 35.8 Å². The molecule has 1 aliphatic heterocycles. The maximum absolute atomic E-state index is 12.2. The second-order valence-electron chi connectivity index (χ2n) is 5.34. The van der Waals surface area contributed by atoms with Gasteiger partial charge in [0.25, 0.3) is 0 Å². The van der Waals surface area contributed by atoms with Crippen LogP contribution in [0.4, 0.5) is 0 Å². The molecule has 1 aliphatic rings. The van der Waals surface area contributed by atoms with Crippen molar-refractivity contribution >= 4 is 18.5 Å². The fourth-order valence-corrected chi connectivity index (χ4v) is 3.17.